The number of amides is 1. The Labute approximate surface area is 351 Å². The Morgan fingerprint density at radius 1 is 1.00 bits per heavy atom. The summed E-state index contributed by atoms with van der Waals surface area (Å²) in [6.07, 6.45) is 18.1. The molecule has 0 bridgehead atoms. The van der Waals surface area contributed by atoms with Gasteiger partial charge in [-0.1, -0.05) is 131 Å². The zero-order valence-electron chi connectivity index (χ0n) is 39.3. The van der Waals surface area contributed by atoms with E-state index >= 15 is 0 Å². The van der Waals surface area contributed by atoms with Gasteiger partial charge in [0.1, 0.15) is 19.4 Å². The first-order valence-corrected chi connectivity index (χ1v) is 21.5. The van der Waals surface area contributed by atoms with E-state index in [2.05, 4.69) is 105 Å². The van der Waals surface area contributed by atoms with Crippen LogP contribution in [0, 0.1) is 23.2 Å². The third-order valence-electron chi connectivity index (χ3n) is 9.86. The summed E-state index contributed by atoms with van der Waals surface area (Å²) in [4.78, 5) is 34.2. The van der Waals surface area contributed by atoms with Gasteiger partial charge in [-0.05, 0) is 107 Å². The molecule has 10 heteroatoms. The minimum atomic E-state index is -0.571. The van der Waals surface area contributed by atoms with E-state index in [1.54, 1.807) is 7.11 Å². The SMILES string of the molecule is C=O.C=O.CC.CC1=CCCC(C)C=C1.CCCCCC(C(C)(C)C)C(C)(C)OB(OC)C(CC(C)C)/N=C(\N)[C@H](CNC)NC(=O)c1ccc(CCCC)cc1. The van der Waals surface area contributed by atoms with Gasteiger partial charge in [0, 0.05) is 19.2 Å². The van der Waals surface area contributed by atoms with Crippen LogP contribution in [0.15, 0.2) is 53.1 Å². The molecule has 0 radical (unpaired) electrons. The van der Waals surface area contributed by atoms with E-state index in [-0.39, 0.29) is 17.3 Å². The highest BCUT2D eigenvalue weighted by Crippen LogP contribution is 2.41. The van der Waals surface area contributed by atoms with Crippen molar-refractivity contribution in [1.82, 2.24) is 10.6 Å². The number of benzene rings is 1. The largest absolute Gasteiger partial charge is 0.483 e. The lowest BCUT2D eigenvalue weighted by Gasteiger charge is -2.45. The van der Waals surface area contributed by atoms with Crippen LogP contribution in [0.5, 0.6) is 0 Å². The number of rotatable bonds is 20. The number of nitrogens with one attached hydrogen (secondary N) is 2. The number of nitrogens with two attached hydrogens (primary N) is 1. The van der Waals surface area contributed by atoms with Crippen molar-refractivity contribution >= 4 is 32.4 Å². The number of aryl methyl sites for hydroxylation is 1. The first kappa shape index (κ1) is 58.2. The Morgan fingerprint density at radius 2 is 1.58 bits per heavy atom. The lowest BCUT2D eigenvalue weighted by atomic mass is 9.67. The minimum absolute atomic E-state index is 0.0712. The molecule has 57 heavy (non-hydrogen) atoms. The van der Waals surface area contributed by atoms with E-state index < -0.39 is 18.8 Å². The van der Waals surface area contributed by atoms with Gasteiger partial charge in [0.2, 0.25) is 0 Å². The second-order valence-electron chi connectivity index (χ2n) is 16.7. The maximum Gasteiger partial charge on any atom is 0.483 e. The molecule has 3 unspecified atom stereocenters. The second-order valence-corrected chi connectivity index (χ2v) is 16.7. The summed E-state index contributed by atoms with van der Waals surface area (Å²) in [6.45, 7) is 32.9. The van der Waals surface area contributed by atoms with E-state index in [1.807, 2.05) is 58.7 Å². The average molecular weight is 799 g/mol. The van der Waals surface area contributed by atoms with E-state index in [0.717, 1.165) is 38.0 Å². The summed E-state index contributed by atoms with van der Waals surface area (Å²) >= 11 is 0. The van der Waals surface area contributed by atoms with Gasteiger partial charge in [-0.3, -0.25) is 9.79 Å². The molecule has 0 aliphatic heterocycles. The Morgan fingerprint density at radius 3 is 2.07 bits per heavy atom. The van der Waals surface area contributed by atoms with Crippen LogP contribution in [-0.2, 0) is 25.3 Å². The van der Waals surface area contributed by atoms with Crippen molar-refractivity contribution in [3.63, 3.8) is 0 Å². The Hall–Kier alpha value is -3.08. The lowest BCUT2D eigenvalue weighted by molar-refractivity contribution is -0.0987. The number of hydrogen-bond acceptors (Lipinski definition) is 7. The average Bonchev–Trinajstić information content (AvgIpc) is 3.38. The number of unbranched alkanes of at least 4 members (excludes halogenated alkanes) is 3. The van der Waals surface area contributed by atoms with Gasteiger partial charge in [0.05, 0.1) is 17.6 Å². The van der Waals surface area contributed by atoms with Crippen LogP contribution < -0.4 is 16.4 Å². The molecule has 2 rings (SSSR count). The third kappa shape index (κ3) is 25.8. The summed E-state index contributed by atoms with van der Waals surface area (Å²) in [5.74, 6) is 1.33. The topological polar surface area (TPSA) is 132 Å². The first-order chi connectivity index (χ1) is 27.0. The van der Waals surface area contributed by atoms with Gasteiger partial charge in [-0.25, -0.2) is 0 Å². The summed E-state index contributed by atoms with van der Waals surface area (Å²) in [5.41, 5.74) is 9.54. The van der Waals surface area contributed by atoms with Gasteiger partial charge in [0.25, 0.3) is 5.91 Å². The summed E-state index contributed by atoms with van der Waals surface area (Å²) in [6, 6.07) is 7.36. The van der Waals surface area contributed by atoms with E-state index in [1.165, 1.54) is 43.2 Å². The van der Waals surface area contributed by atoms with E-state index in [0.29, 0.717) is 29.8 Å². The zero-order chi connectivity index (χ0) is 44.6. The molecule has 0 spiro atoms. The normalized spacial score (nSPS) is 15.6. The second kappa shape index (κ2) is 33.9. The monoisotopic (exact) mass is 799 g/mol. The molecular weight excluding hydrogens is 711 g/mol. The maximum atomic E-state index is 13.2. The number of amidine groups is 1. The minimum Gasteiger partial charge on any atom is -0.413 e. The van der Waals surface area contributed by atoms with Crippen LogP contribution in [0.3, 0.4) is 0 Å². The van der Waals surface area contributed by atoms with Gasteiger partial charge >= 0.3 is 7.12 Å². The summed E-state index contributed by atoms with van der Waals surface area (Å²) in [5, 5.41) is 6.24. The molecule has 1 aromatic rings. The zero-order valence-corrected chi connectivity index (χ0v) is 39.3. The molecule has 0 aromatic heterocycles. The molecule has 1 aromatic carbocycles. The smallest absolute Gasteiger partial charge is 0.413 e. The van der Waals surface area contributed by atoms with Crippen LogP contribution in [-0.4, -0.2) is 70.7 Å². The molecule has 9 nitrogen and oxygen atoms in total. The highest BCUT2D eigenvalue weighted by atomic mass is 16.6. The van der Waals surface area contributed by atoms with Crippen LogP contribution in [0.2, 0.25) is 0 Å². The molecule has 0 fully saturated rings. The van der Waals surface area contributed by atoms with Crippen LogP contribution in [0.25, 0.3) is 0 Å². The fraction of sp³-hybridized carbons (Fsp3) is 0.702. The van der Waals surface area contributed by atoms with E-state index in [4.69, 9.17) is 29.6 Å². The number of nitrogens with zero attached hydrogens (tertiary/aromatic N) is 1. The van der Waals surface area contributed by atoms with Crippen LogP contribution >= 0.6 is 0 Å². The van der Waals surface area contributed by atoms with Gasteiger partial charge in [-0.15, -0.1) is 0 Å². The molecule has 0 saturated carbocycles. The predicted molar refractivity (Wildman–Crippen MR) is 247 cm³/mol. The summed E-state index contributed by atoms with van der Waals surface area (Å²) < 4.78 is 12.8. The van der Waals surface area contributed by atoms with Gasteiger partial charge in [-0.2, -0.15) is 0 Å². The summed E-state index contributed by atoms with van der Waals surface area (Å²) in [7, 11) is 2.95. The molecule has 4 atom stereocenters. The predicted octanol–water partition coefficient (Wildman–Crippen LogP) is 10.4. The van der Waals surface area contributed by atoms with E-state index in [9.17, 15) is 4.79 Å². The van der Waals surface area contributed by atoms with Crippen molar-refractivity contribution in [3.05, 3.63) is 59.2 Å². The van der Waals surface area contributed by atoms with Gasteiger partial charge in [0.15, 0.2) is 0 Å². The number of likely N-dealkylation sites (N-methyl/N-ethyl adjacent to an activating group) is 1. The molecule has 1 amide bonds. The number of allylic oxidation sites excluding steroid dienone is 4. The fourth-order valence-electron chi connectivity index (χ4n) is 7.01. The van der Waals surface area contributed by atoms with Crippen molar-refractivity contribution in [3.8, 4) is 0 Å². The van der Waals surface area contributed by atoms with Crippen molar-refractivity contribution in [1.29, 1.82) is 0 Å². The lowest BCUT2D eigenvalue weighted by Crippen LogP contribution is -2.52. The maximum absolute atomic E-state index is 13.2. The molecule has 1 aliphatic rings. The van der Waals surface area contributed by atoms with Crippen molar-refractivity contribution in [2.45, 2.75) is 172 Å². The number of hydrogen-bond donors (Lipinski definition) is 3. The first-order valence-electron chi connectivity index (χ1n) is 21.5. The number of carbonyl (C=O) groups is 3. The highest BCUT2D eigenvalue weighted by molar-refractivity contribution is 6.47. The Balaban J connectivity index is -0.00000164. The molecule has 0 saturated heterocycles. The third-order valence-corrected chi connectivity index (χ3v) is 9.86. The van der Waals surface area contributed by atoms with Crippen LogP contribution in [0.1, 0.15) is 164 Å². The molecule has 4 N–H and O–H groups in total. The van der Waals surface area contributed by atoms with Crippen molar-refractivity contribution in [2.24, 2.45) is 33.9 Å². The molecule has 0 heterocycles. The fourth-order valence-corrected chi connectivity index (χ4v) is 7.01. The Kier molecular flexibility index (Phi) is 34.6. The van der Waals surface area contributed by atoms with Gasteiger partial charge < -0.3 is 35.3 Å². The Bertz CT molecular complexity index is 1240. The highest BCUT2D eigenvalue weighted by Gasteiger charge is 2.43. The molecule has 328 valence electrons. The molecule has 1 aliphatic carbocycles. The van der Waals surface area contributed by atoms with Crippen molar-refractivity contribution < 1.29 is 23.7 Å². The number of carbonyl (C=O) groups excluding carboxylic acids is 3. The van der Waals surface area contributed by atoms with Crippen molar-refractivity contribution in [2.75, 3.05) is 20.7 Å². The standard InChI is InChI=1S/C34H63BN4O3.C9H14.C2H6.2CH2O/c1-12-14-16-18-29(33(5,6)7)34(8,9)42-35(41-11)30(23-25(3)4)39-31(36)28(24-37-10)38-32(40)27-21-19-26(20-22-27)17-15-13-2;1-8-4-3-5-9(2)7-6-8;3*1-2/h19-22,25,28-30,37H,12-18,23-24H2,1-11H3,(H2,36,39)(H,38,40);4,6-7,9H,3,5H2,1-2H3;1-2H3;2*1H2/t28-,29?,30?;;;;/m0..../s1. The number of aliphatic imine (C=N–C) groups is 1. The van der Waals surface area contributed by atoms with Crippen LogP contribution in [0.4, 0.5) is 0 Å². The quantitative estimate of drug-likeness (QED) is 0.0518. The molecular formula is C47H87BN4O5.